The molecule has 0 radical (unpaired) electrons. The summed E-state index contributed by atoms with van der Waals surface area (Å²) >= 11 is 0. The highest BCUT2D eigenvalue weighted by molar-refractivity contribution is 14.0. The first-order valence-corrected chi connectivity index (χ1v) is 10.1. The van der Waals surface area contributed by atoms with Crippen molar-refractivity contribution in [1.82, 2.24) is 15.5 Å². The van der Waals surface area contributed by atoms with Crippen molar-refractivity contribution in [1.29, 1.82) is 0 Å². The maximum atomic E-state index is 12.1. The Morgan fingerprint density at radius 3 is 2.82 bits per heavy atom. The fourth-order valence-corrected chi connectivity index (χ4v) is 3.07. The van der Waals surface area contributed by atoms with Gasteiger partial charge in [-0.3, -0.25) is 9.79 Å². The first-order valence-electron chi connectivity index (χ1n) is 10.1. The largest absolute Gasteiger partial charge is 0.469 e. The van der Waals surface area contributed by atoms with Gasteiger partial charge in [0.15, 0.2) is 5.96 Å². The summed E-state index contributed by atoms with van der Waals surface area (Å²) in [5.74, 6) is 2.01. The van der Waals surface area contributed by atoms with Gasteiger partial charge in [0.2, 0.25) is 5.91 Å². The molecule has 7 nitrogen and oxygen atoms in total. The maximum absolute atomic E-state index is 12.1. The molecular weight excluding hydrogens is 471 g/mol. The second-order valence-corrected chi connectivity index (χ2v) is 6.88. The number of nitrogens with one attached hydrogen (secondary N) is 2. The third-order valence-corrected chi connectivity index (χ3v) is 4.73. The fourth-order valence-electron chi connectivity index (χ4n) is 3.07. The summed E-state index contributed by atoms with van der Waals surface area (Å²) in [4.78, 5) is 18.7. The van der Waals surface area contributed by atoms with Gasteiger partial charge in [0, 0.05) is 45.8 Å². The number of piperidine rings is 1. The summed E-state index contributed by atoms with van der Waals surface area (Å²) in [6, 6.07) is 4.23. The number of nitrogens with zero attached hydrogens (tertiary/aromatic N) is 2. The Morgan fingerprint density at radius 2 is 2.18 bits per heavy atom. The first-order chi connectivity index (χ1) is 13.2. The van der Waals surface area contributed by atoms with Crippen LogP contribution in [0.4, 0.5) is 0 Å². The number of ether oxygens (including phenoxy) is 1. The Kier molecular flexibility index (Phi) is 13.0. The normalized spacial score (nSPS) is 15.2. The minimum Gasteiger partial charge on any atom is -0.469 e. The zero-order valence-corrected chi connectivity index (χ0v) is 19.4. The van der Waals surface area contributed by atoms with Crippen LogP contribution < -0.4 is 10.6 Å². The standard InChI is InChI=1S/C20H34N4O3.HI/c1-3-4-11-21-20(22-12-7-18-6-5-15-27-18)23-17-8-13-24(14-9-17)19(25)10-16-26-2;/h5-6,15,17H,3-4,7-14,16H2,1-2H3,(H2,21,22,23);1H. The number of likely N-dealkylation sites (tertiary alicyclic amines) is 1. The highest BCUT2D eigenvalue weighted by Crippen LogP contribution is 2.11. The van der Waals surface area contributed by atoms with E-state index in [1.54, 1.807) is 13.4 Å². The van der Waals surface area contributed by atoms with E-state index in [0.717, 1.165) is 70.0 Å². The molecule has 0 bridgehead atoms. The number of aliphatic imine (C=N–C) groups is 1. The molecule has 2 rings (SSSR count). The summed E-state index contributed by atoms with van der Waals surface area (Å²) in [6.07, 6.45) is 7.07. The number of hydrogen-bond acceptors (Lipinski definition) is 4. The quantitative estimate of drug-likeness (QED) is 0.221. The van der Waals surface area contributed by atoms with E-state index in [1.165, 1.54) is 0 Å². The predicted octanol–water partition coefficient (Wildman–Crippen LogP) is 2.80. The summed E-state index contributed by atoms with van der Waals surface area (Å²) in [5, 5.41) is 6.95. The number of halogens is 1. The van der Waals surface area contributed by atoms with Crippen LogP contribution in [0.1, 0.15) is 44.8 Å². The molecule has 1 fully saturated rings. The molecule has 0 saturated carbocycles. The summed E-state index contributed by atoms with van der Waals surface area (Å²) in [7, 11) is 1.63. The van der Waals surface area contributed by atoms with Crippen LogP contribution in [0, 0.1) is 0 Å². The second-order valence-electron chi connectivity index (χ2n) is 6.88. The number of unbranched alkanes of at least 4 members (excludes halogenated alkanes) is 1. The van der Waals surface area contributed by atoms with E-state index in [4.69, 9.17) is 9.15 Å². The van der Waals surface area contributed by atoms with Gasteiger partial charge in [-0.15, -0.1) is 24.0 Å². The Hall–Kier alpha value is -1.29. The van der Waals surface area contributed by atoms with Crippen LogP contribution >= 0.6 is 24.0 Å². The molecule has 1 aliphatic rings. The predicted molar refractivity (Wildman–Crippen MR) is 122 cm³/mol. The van der Waals surface area contributed by atoms with Crippen LogP contribution in [0.15, 0.2) is 27.8 Å². The summed E-state index contributed by atoms with van der Waals surface area (Å²) in [6.45, 7) is 5.83. The van der Waals surface area contributed by atoms with Crippen LogP contribution in [0.2, 0.25) is 0 Å². The first kappa shape index (κ1) is 24.7. The zero-order chi connectivity index (χ0) is 19.3. The van der Waals surface area contributed by atoms with Gasteiger partial charge in [-0.05, 0) is 31.4 Å². The Balaban J connectivity index is 0.00000392. The van der Waals surface area contributed by atoms with Gasteiger partial charge in [0.1, 0.15) is 5.76 Å². The molecule has 160 valence electrons. The Labute approximate surface area is 185 Å². The van der Waals surface area contributed by atoms with Crippen molar-refractivity contribution < 1.29 is 13.9 Å². The number of hydrogen-bond donors (Lipinski definition) is 2. The molecule has 0 spiro atoms. The van der Waals surface area contributed by atoms with Crippen molar-refractivity contribution in [3.05, 3.63) is 24.2 Å². The maximum Gasteiger partial charge on any atom is 0.224 e. The minimum atomic E-state index is 0. The van der Waals surface area contributed by atoms with Gasteiger partial charge >= 0.3 is 0 Å². The number of methoxy groups -OCH3 is 1. The third-order valence-electron chi connectivity index (χ3n) is 4.73. The lowest BCUT2D eigenvalue weighted by atomic mass is 10.0. The molecule has 2 N–H and O–H groups in total. The molecule has 1 aliphatic heterocycles. The minimum absolute atomic E-state index is 0. The molecule has 0 unspecified atom stereocenters. The van der Waals surface area contributed by atoms with E-state index in [0.29, 0.717) is 19.1 Å². The molecule has 1 saturated heterocycles. The monoisotopic (exact) mass is 506 g/mol. The van der Waals surface area contributed by atoms with E-state index in [1.807, 2.05) is 17.0 Å². The molecule has 1 aromatic heterocycles. The summed E-state index contributed by atoms with van der Waals surface area (Å²) in [5.41, 5.74) is 0. The number of furan rings is 1. The number of carbonyl (C=O) groups excluding carboxylic acids is 1. The van der Waals surface area contributed by atoms with Crippen molar-refractivity contribution >= 4 is 35.8 Å². The van der Waals surface area contributed by atoms with Crippen molar-refractivity contribution in [2.45, 2.75) is 51.5 Å². The third kappa shape index (κ3) is 9.27. The van der Waals surface area contributed by atoms with E-state index in [9.17, 15) is 4.79 Å². The van der Waals surface area contributed by atoms with Crippen LogP contribution in [0.3, 0.4) is 0 Å². The average Bonchev–Trinajstić information content (AvgIpc) is 3.20. The Bertz CT molecular complexity index is 558. The fraction of sp³-hybridized carbons (Fsp3) is 0.700. The molecule has 1 aromatic rings. The molecule has 8 heteroatoms. The van der Waals surface area contributed by atoms with Gasteiger partial charge in [0.25, 0.3) is 0 Å². The zero-order valence-electron chi connectivity index (χ0n) is 17.1. The van der Waals surface area contributed by atoms with Crippen molar-refractivity contribution in [2.24, 2.45) is 4.99 Å². The van der Waals surface area contributed by atoms with Crippen molar-refractivity contribution in [2.75, 3.05) is 39.9 Å². The molecular formula is C20H35IN4O3. The molecule has 0 aliphatic carbocycles. The number of amides is 1. The molecule has 0 atom stereocenters. The van der Waals surface area contributed by atoms with Crippen LogP contribution in [-0.4, -0.2) is 62.7 Å². The van der Waals surface area contributed by atoms with E-state index in [-0.39, 0.29) is 29.9 Å². The smallest absolute Gasteiger partial charge is 0.224 e. The van der Waals surface area contributed by atoms with E-state index in [2.05, 4.69) is 22.5 Å². The van der Waals surface area contributed by atoms with Gasteiger partial charge in [-0.1, -0.05) is 13.3 Å². The van der Waals surface area contributed by atoms with Crippen molar-refractivity contribution in [3.63, 3.8) is 0 Å². The molecule has 2 heterocycles. The lowest BCUT2D eigenvalue weighted by Gasteiger charge is -2.33. The molecule has 0 aromatic carbocycles. The van der Waals surface area contributed by atoms with Gasteiger partial charge in [0.05, 0.1) is 19.3 Å². The van der Waals surface area contributed by atoms with Crippen LogP contribution in [0.5, 0.6) is 0 Å². The molecule has 28 heavy (non-hydrogen) atoms. The number of guanidine groups is 1. The topological polar surface area (TPSA) is 79.1 Å². The Morgan fingerprint density at radius 1 is 1.39 bits per heavy atom. The SMILES string of the molecule is CCCCN=C(NCCc1ccco1)NC1CCN(C(=O)CCOC)CC1.I. The highest BCUT2D eigenvalue weighted by Gasteiger charge is 2.23. The lowest BCUT2D eigenvalue weighted by molar-refractivity contribution is -0.133. The van der Waals surface area contributed by atoms with Gasteiger partial charge in [-0.2, -0.15) is 0 Å². The number of carbonyl (C=O) groups is 1. The van der Waals surface area contributed by atoms with E-state index < -0.39 is 0 Å². The van der Waals surface area contributed by atoms with Gasteiger partial charge in [-0.25, -0.2) is 0 Å². The second kappa shape index (κ2) is 14.7. The van der Waals surface area contributed by atoms with Crippen LogP contribution in [0.25, 0.3) is 0 Å². The van der Waals surface area contributed by atoms with E-state index >= 15 is 0 Å². The summed E-state index contributed by atoms with van der Waals surface area (Å²) < 4.78 is 10.4. The highest BCUT2D eigenvalue weighted by atomic mass is 127. The van der Waals surface area contributed by atoms with Gasteiger partial charge < -0.3 is 24.7 Å². The number of rotatable bonds is 10. The molecule has 1 amide bonds. The van der Waals surface area contributed by atoms with Crippen molar-refractivity contribution in [3.8, 4) is 0 Å². The lowest BCUT2D eigenvalue weighted by Crippen LogP contribution is -2.50. The average molecular weight is 506 g/mol. The van der Waals surface area contributed by atoms with Crippen LogP contribution in [-0.2, 0) is 16.0 Å².